The van der Waals surface area contributed by atoms with Crippen LogP contribution in [0.5, 0.6) is 0 Å². The molecule has 0 aliphatic carbocycles. The van der Waals surface area contributed by atoms with E-state index >= 15 is 0 Å². The Labute approximate surface area is 128 Å². The average molecular weight is 347 g/mol. The zero-order chi connectivity index (χ0) is 13.0. The number of halogens is 2. The van der Waals surface area contributed by atoms with Crippen LogP contribution in [0.25, 0.3) is 0 Å². The van der Waals surface area contributed by atoms with Gasteiger partial charge in [-0.3, -0.25) is 4.79 Å². The van der Waals surface area contributed by atoms with Gasteiger partial charge in [0.15, 0.2) is 0 Å². The Kier molecular flexibility index (Phi) is 6.55. The van der Waals surface area contributed by atoms with Crippen LogP contribution in [0.1, 0.15) is 17.9 Å². The van der Waals surface area contributed by atoms with Crippen molar-refractivity contribution in [2.24, 2.45) is 0 Å². The lowest BCUT2D eigenvalue weighted by molar-refractivity contribution is -0.142. The minimum Gasteiger partial charge on any atom is -0.468 e. The molecule has 0 unspecified atom stereocenters. The van der Waals surface area contributed by atoms with Gasteiger partial charge in [0, 0.05) is 10.5 Å². The molecule has 0 radical (unpaired) electrons. The number of nitrogens with one attached hydrogen (secondary N) is 1. The highest BCUT2D eigenvalue weighted by Crippen LogP contribution is 2.25. The van der Waals surface area contributed by atoms with E-state index in [2.05, 4.69) is 27.3 Å². The smallest absolute Gasteiger partial charge is 0.315 e. The Morgan fingerprint density at radius 3 is 2.63 bits per heavy atom. The zero-order valence-corrected chi connectivity index (χ0v) is 13.0. The summed E-state index contributed by atoms with van der Waals surface area (Å²) in [5.74, 6) is -0.499. The van der Waals surface area contributed by atoms with Crippen LogP contribution < -0.4 is 5.32 Å². The number of carbonyl (C=O) groups excluding carboxylic acids is 1. The third kappa shape index (κ3) is 4.06. The first-order chi connectivity index (χ1) is 8.72. The molecule has 0 saturated heterocycles. The number of carbonyl (C=O) groups is 1. The van der Waals surface area contributed by atoms with Crippen molar-refractivity contribution in [3.8, 4) is 0 Å². The van der Waals surface area contributed by atoms with Gasteiger partial charge in [0.25, 0.3) is 0 Å². The number of benzene rings is 1. The molecule has 0 bridgehead atoms. The van der Waals surface area contributed by atoms with E-state index in [4.69, 9.17) is 4.74 Å². The fraction of sp³-hybridized carbons (Fsp3) is 0.357. The molecular formula is C14H17BrClNO2. The van der Waals surface area contributed by atoms with Gasteiger partial charge in [-0.05, 0) is 30.7 Å². The fourth-order valence-electron chi connectivity index (χ4n) is 2.16. The Morgan fingerprint density at radius 1 is 1.42 bits per heavy atom. The topological polar surface area (TPSA) is 38.3 Å². The molecule has 104 valence electrons. The maximum Gasteiger partial charge on any atom is 0.315 e. The first-order valence-corrected chi connectivity index (χ1v) is 6.75. The molecule has 19 heavy (non-hydrogen) atoms. The molecule has 1 aliphatic heterocycles. The summed E-state index contributed by atoms with van der Waals surface area (Å²) in [6.45, 7) is 0.894. The van der Waals surface area contributed by atoms with Crippen molar-refractivity contribution in [2.45, 2.75) is 18.4 Å². The van der Waals surface area contributed by atoms with Gasteiger partial charge < -0.3 is 10.1 Å². The van der Waals surface area contributed by atoms with Crippen molar-refractivity contribution in [1.82, 2.24) is 5.32 Å². The van der Waals surface area contributed by atoms with Crippen molar-refractivity contribution in [2.75, 3.05) is 13.7 Å². The molecular weight excluding hydrogens is 330 g/mol. The van der Waals surface area contributed by atoms with Gasteiger partial charge in [0.2, 0.25) is 0 Å². The Bertz CT molecular complexity index is 447. The molecule has 0 spiro atoms. The van der Waals surface area contributed by atoms with E-state index < -0.39 is 0 Å². The minimum atomic E-state index is -0.292. The molecule has 2 rings (SSSR count). The summed E-state index contributed by atoms with van der Waals surface area (Å²) in [7, 11) is 1.43. The van der Waals surface area contributed by atoms with Gasteiger partial charge in [-0.1, -0.05) is 40.2 Å². The number of esters is 1. The zero-order valence-electron chi connectivity index (χ0n) is 10.6. The van der Waals surface area contributed by atoms with Gasteiger partial charge in [-0.25, -0.2) is 0 Å². The van der Waals surface area contributed by atoms with Crippen LogP contribution in [0, 0.1) is 0 Å². The molecule has 1 N–H and O–H groups in total. The highest BCUT2D eigenvalue weighted by Gasteiger charge is 2.29. The lowest BCUT2D eigenvalue weighted by atomic mass is 9.90. The standard InChI is InChI=1S/C14H16BrNO2.ClH/c1-18-14(17)13(12-4-2-3-9-16-12)10-5-7-11(15)8-6-10;/h2,4-8,12-13,16H,3,9H2,1H3;1H/t12-,13+;/m1./s1. The third-order valence-corrected chi connectivity index (χ3v) is 3.61. The Hall–Kier alpha value is -0.840. The van der Waals surface area contributed by atoms with E-state index in [1.807, 2.05) is 30.3 Å². The summed E-state index contributed by atoms with van der Waals surface area (Å²) in [5, 5.41) is 3.35. The van der Waals surface area contributed by atoms with Gasteiger partial charge in [0.1, 0.15) is 5.92 Å². The average Bonchev–Trinajstić information content (AvgIpc) is 2.42. The first kappa shape index (κ1) is 16.2. The lowest BCUT2D eigenvalue weighted by Gasteiger charge is -2.26. The molecule has 0 amide bonds. The molecule has 3 nitrogen and oxygen atoms in total. The summed E-state index contributed by atoms with van der Waals surface area (Å²) >= 11 is 3.40. The van der Waals surface area contributed by atoms with Crippen molar-refractivity contribution < 1.29 is 9.53 Å². The number of hydrogen-bond donors (Lipinski definition) is 1. The second-order valence-electron chi connectivity index (χ2n) is 4.25. The first-order valence-electron chi connectivity index (χ1n) is 5.95. The van der Waals surface area contributed by atoms with E-state index in [1.54, 1.807) is 0 Å². The van der Waals surface area contributed by atoms with Crippen molar-refractivity contribution in [1.29, 1.82) is 0 Å². The van der Waals surface area contributed by atoms with Crippen LogP contribution in [-0.4, -0.2) is 25.7 Å². The molecule has 5 heteroatoms. The number of methoxy groups -OCH3 is 1. The second-order valence-corrected chi connectivity index (χ2v) is 5.16. The molecule has 1 aromatic rings. The molecule has 1 heterocycles. The largest absolute Gasteiger partial charge is 0.468 e. The maximum atomic E-state index is 12.0. The molecule has 2 atom stereocenters. The Morgan fingerprint density at radius 2 is 2.11 bits per heavy atom. The third-order valence-electron chi connectivity index (χ3n) is 3.08. The minimum absolute atomic E-state index is 0. The molecule has 0 aromatic heterocycles. The van der Waals surface area contributed by atoms with E-state index in [1.165, 1.54) is 7.11 Å². The summed E-state index contributed by atoms with van der Waals surface area (Å²) < 4.78 is 5.93. The SMILES string of the molecule is COC(=O)[C@@H](c1ccc(Br)cc1)[C@H]1C=CCCN1.Cl. The van der Waals surface area contributed by atoms with Crippen LogP contribution in [0.3, 0.4) is 0 Å². The molecule has 1 aromatic carbocycles. The molecule has 1 aliphatic rings. The summed E-state index contributed by atoms with van der Waals surface area (Å²) in [6, 6.07) is 7.80. The van der Waals surface area contributed by atoms with E-state index in [0.29, 0.717) is 0 Å². The highest BCUT2D eigenvalue weighted by atomic mass is 79.9. The summed E-state index contributed by atoms with van der Waals surface area (Å²) in [4.78, 5) is 12.0. The van der Waals surface area contributed by atoms with Gasteiger partial charge in [-0.2, -0.15) is 0 Å². The lowest BCUT2D eigenvalue weighted by Crippen LogP contribution is -2.39. The summed E-state index contributed by atoms with van der Waals surface area (Å²) in [5.41, 5.74) is 0.967. The van der Waals surface area contributed by atoms with E-state index in [9.17, 15) is 4.79 Å². The van der Waals surface area contributed by atoms with Crippen molar-refractivity contribution in [3.05, 3.63) is 46.5 Å². The van der Waals surface area contributed by atoms with Crippen molar-refractivity contribution >= 4 is 34.3 Å². The summed E-state index contributed by atoms with van der Waals surface area (Å²) in [6.07, 6.45) is 5.16. The monoisotopic (exact) mass is 345 g/mol. The highest BCUT2D eigenvalue weighted by molar-refractivity contribution is 9.10. The number of hydrogen-bond acceptors (Lipinski definition) is 3. The van der Waals surface area contributed by atoms with Gasteiger partial charge in [0.05, 0.1) is 7.11 Å². The number of rotatable bonds is 3. The van der Waals surface area contributed by atoms with Gasteiger partial charge >= 0.3 is 5.97 Å². The second kappa shape index (κ2) is 7.68. The normalized spacial score (nSPS) is 19.4. The van der Waals surface area contributed by atoms with E-state index in [0.717, 1.165) is 23.0 Å². The van der Waals surface area contributed by atoms with E-state index in [-0.39, 0.29) is 30.3 Å². The molecule has 0 saturated carbocycles. The quantitative estimate of drug-likeness (QED) is 0.675. The predicted octanol–water partition coefficient (Wildman–Crippen LogP) is 3.05. The van der Waals surface area contributed by atoms with Crippen LogP contribution in [0.2, 0.25) is 0 Å². The predicted molar refractivity (Wildman–Crippen MR) is 81.7 cm³/mol. The van der Waals surface area contributed by atoms with Crippen LogP contribution in [-0.2, 0) is 9.53 Å². The van der Waals surface area contributed by atoms with Crippen LogP contribution >= 0.6 is 28.3 Å². The van der Waals surface area contributed by atoms with Crippen molar-refractivity contribution in [3.63, 3.8) is 0 Å². The van der Waals surface area contributed by atoms with Crippen LogP contribution in [0.15, 0.2) is 40.9 Å². The molecule has 0 fully saturated rings. The van der Waals surface area contributed by atoms with Crippen LogP contribution in [0.4, 0.5) is 0 Å². The fourth-order valence-corrected chi connectivity index (χ4v) is 2.42. The maximum absolute atomic E-state index is 12.0. The number of ether oxygens (including phenoxy) is 1. The Balaban J connectivity index is 0.00000180. The van der Waals surface area contributed by atoms with Gasteiger partial charge in [-0.15, -0.1) is 12.4 Å².